The zero-order valence-electron chi connectivity index (χ0n) is 15.4. The molecule has 0 fully saturated rings. The van der Waals surface area contributed by atoms with Crippen molar-refractivity contribution in [2.24, 2.45) is 0 Å². The largest absolute Gasteiger partial charge is 0.361 e. The Morgan fingerprint density at radius 2 is 1.75 bits per heavy atom. The van der Waals surface area contributed by atoms with Crippen molar-refractivity contribution in [3.8, 4) is 0 Å². The molecule has 1 aromatic heterocycles. The number of thiazole rings is 1. The Hall–Kier alpha value is -2.55. The van der Waals surface area contributed by atoms with E-state index in [1.165, 1.54) is 11.3 Å². The number of benzene rings is 2. The number of rotatable bonds is 9. The van der Waals surface area contributed by atoms with Crippen molar-refractivity contribution in [1.82, 2.24) is 9.71 Å². The molecule has 6 nitrogen and oxygen atoms in total. The molecule has 0 aliphatic heterocycles. The van der Waals surface area contributed by atoms with Crippen LogP contribution in [0.2, 0.25) is 0 Å². The van der Waals surface area contributed by atoms with Gasteiger partial charge in [0.25, 0.3) is 0 Å². The number of aryl methyl sites for hydroxylation is 1. The Labute approximate surface area is 168 Å². The van der Waals surface area contributed by atoms with Crippen LogP contribution in [0.4, 0.5) is 5.13 Å². The Bertz CT molecular complexity index is 1050. The minimum absolute atomic E-state index is 0.0423. The van der Waals surface area contributed by atoms with Crippen LogP contribution in [0.1, 0.15) is 27.2 Å². The molecule has 0 saturated heterocycles. The topological polar surface area (TPSA) is 88.2 Å². The molecule has 0 bridgehead atoms. The highest BCUT2D eigenvalue weighted by atomic mass is 32.2. The summed E-state index contributed by atoms with van der Waals surface area (Å²) in [6.07, 6.45) is 2.16. The van der Waals surface area contributed by atoms with E-state index in [1.807, 2.05) is 31.2 Å². The number of carbonyl (C=O) groups excluding carboxylic acids is 1. The molecule has 0 unspecified atom stereocenters. The summed E-state index contributed by atoms with van der Waals surface area (Å²) in [5.74, 6) is -0.0423. The second-order valence-corrected chi connectivity index (χ2v) is 8.96. The zero-order chi connectivity index (χ0) is 20.0. The normalized spacial score (nSPS) is 11.3. The SMILES string of the molecule is Cc1ccccc1C(=O)c1cnc(NCCCNS(=O)(=O)c2ccccc2)s1. The maximum Gasteiger partial charge on any atom is 0.240 e. The quantitative estimate of drug-likeness (QED) is 0.413. The van der Waals surface area contributed by atoms with E-state index < -0.39 is 10.0 Å². The predicted octanol–water partition coefficient (Wildman–Crippen LogP) is 3.46. The zero-order valence-corrected chi connectivity index (χ0v) is 17.0. The highest BCUT2D eigenvalue weighted by Gasteiger charge is 2.15. The fourth-order valence-electron chi connectivity index (χ4n) is 2.59. The van der Waals surface area contributed by atoms with Gasteiger partial charge < -0.3 is 5.32 Å². The summed E-state index contributed by atoms with van der Waals surface area (Å²) in [5.41, 5.74) is 1.61. The molecule has 146 valence electrons. The van der Waals surface area contributed by atoms with Crippen LogP contribution in [0.15, 0.2) is 65.7 Å². The summed E-state index contributed by atoms with van der Waals surface area (Å²) in [6, 6.07) is 15.7. The summed E-state index contributed by atoms with van der Waals surface area (Å²) < 4.78 is 26.8. The molecule has 3 rings (SSSR count). The monoisotopic (exact) mass is 415 g/mol. The first-order chi connectivity index (χ1) is 13.5. The van der Waals surface area contributed by atoms with Gasteiger partial charge in [0.15, 0.2) is 5.13 Å². The van der Waals surface area contributed by atoms with Gasteiger partial charge in [-0.05, 0) is 31.0 Å². The molecule has 1 heterocycles. The van der Waals surface area contributed by atoms with Crippen molar-refractivity contribution in [3.05, 3.63) is 76.8 Å². The molecule has 0 aliphatic carbocycles. The second-order valence-electron chi connectivity index (χ2n) is 6.16. The third-order valence-corrected chi connectivity index (χ3v) is 6.53. The molecule has 0 radical (unpaired) electrons. The minimum atomic E-state index is -3.48. The molecular weight excluding hydrogens is 394 g/mol. The molecular formula is C20H21N3O3S2. The van der Waals surface area contributed by atoms with Gasteiger partial charge >= 0.3 is 0 Å². The van der Waals surface area contributed by atoms with Gasteiger partial charge in [-0.15, -0.1) is 0 Å². The highest BCUT2D eigenvalue weighted by molar-refractivity contribution is 7.89. The Morgan fingerprint density at radius 3 is 2.50 bits per heavy atom. The fraction of sp³-hybridized carbons (Fsp3) is 0.200. The number of hydrogen-bond acceptors (Lipinski definition) is 6. The number of aromatic nitrogens is 1. The summed E-state index contributed by atoms with van der Waals surface area (Å²) in [6.45, 7) is 2.76. The van der Waals surface area contributed by atoms with Gasteiger partial charge in [-0.3, -0.25) is 4.79 Å². The van der Waals surface area contributed by atoms with E-state index >= 15 is 0 Å². The molecule has 0 saturated carbocycles. The van der Waals surface area contributed by atoms with E-state index in [1.54, 1.807) is 36.5 Å². The van der Waals surface area contributed by atoms with Crippen LogP contribution in [0.3, 0.4) is 0 Å². The lowest BCUT2D eigenvalue weighted by atomic mass is 10.0. The summed E-state index contributed by atoms with van der Waals surface area (Å²) >= 11 is 1.29. The average molecular weight is 416 g/mol. The molecule has 2 aromatic carbocycles. The van der Waals surface area contributed by atoms with Crippen molar-refractivity contribution in [2.45, 2.75) is 18.2 Å². The average Bonchev–Trinajstić information content (AvgIpc) is 3.17. The number of nitrogens with zero attached hydrogens (tertiary/aromatic N) is 1. The Kier molecular flexibility index (Phi) is 6.56. The van der Waals surface area contributed by atoms with Crippen molar-refractivity contribution in [3.63, 3.8) is 0 Å². The van der Waals surface area contributed by atoms with Gasteiger partial charge in [0.1, 0.15) is 0 Å². The summed E-state index contributed by atoms with van der Waals surface area (Å²) in [7, 11) is -3.48. The lowest BCUT2D eigenvalue weighted by Gasteiger charge is -2.07. The first-order valence-electron chi connectivity index (χ1n) is 8.82. The highest BCUT2D eigenvalue weighted by Crippen LogP contribution is 2.22. The molecule has 0 aliphatic rings. The van der Waals surface area contributed by atoms with Crippen LogP contribution in [0, 0.1) is 6.92 Å². The van der Waals surface area contributed by atoms with Gasteiger partial charge in [0, 0.05) is 18.7 Å². The van der Waals surface area contributed by atoms with Crippen LogP contribution in [0.5, 0.6) is 0 Å². The molecule has 0 amide bonds. The number of carbonyl (C=O) groups is 1. The predicted molar refractivity (Wildman–Crippen MR) is 111 cm³/mol. The van der Waals surface area contributed by atoms with Gasteiger partial charge in [-0.25, -0.2) is 18.1 Å². The standard InChI is InChI=1S/C20H21N3O3S2/c1-15-8-5-6-11-17(15)19(24)18-14-22-20(27-18)21-12-7-13-23-28(25,26)16-9-3-2-4-10-16/h2-6,8-11,14,23H,7,12-13H2,1H3,(H,21,22). The first-order valence-corrected chi connectivity index (χ1v) is 11.1. The van der Waals surface area contributed by atoms with Gasteiger partial charge in [-0.1, -0.05) is 53.8 Å². The number of nitrogens with one attached hydrogen (secondary N) is 2. The van der Waals surface area contributed by atoms with Crippen molar-refractivity contribution in [1.29, 1.82) is 0 Å². The summed E-state index contributed by atoms with van der Waals surface area (Å²) in [5, 5.41) is 3.77. The van der Waals surface area contributed by atoms with Crippen LogP contribution < -0.4 is 10.0 Å². The summed E-state index contributed by atoms with van der Waals surface area (Å²) in [4.78, 5) is 17.6. The number of anilines is 1. The third-order valence-electron chi connectivity index (χ3n) is 4.09. The molecule has 28 heavy (non-hydrogen) atoms. The van der Waals surface area contributed by atoms with E-state index in [9.17, 15) is 13.2 Å². The van der Waals surface area contributed by atoms with Crippen molar-refractivity contribution >= 4 is 32.3 Å². The lowest BCUT2D eigenvalue weighted by molar-refractivity contribution is 0.104. The molecule has 3 aromatic rings. The fourth-order valence-corrected chi connectivity index (χ4v) is 4.49. The third kappa shape index (κ3) is 5.03. The van der Waals surface area contributed by atoms with Gasteiger partial charge in [0.05, 0.1) is 16.0 Å². The van der Waals surface area contributed by atoms with Gasteiger partial charge in [-0.2, -0.15) is 0 Å². The maximum absolute atomic E-state index is 12.6. The van der Waals surface area contributed by atoms with E-state index in [4.69, 9.17) is 0 Å². The van der Waals surface area contributed by atoms with Crippen LogP contribution in [-0.2, 0) is 10.0 Å². The van der Waals surface area contributed by atoms with Crippen molar-refractivity contribution < 1.29 is 13.2 Å². The van der Waals surface area contributed by atoms with Crippen LogP contribution in [0.25, 0.3) is 0 Å². The Morgan fingerprint density at radius 1 is 1.04 bits per heavy atom. The van der Waals surface area contributed by atoms with E-state index in [-0.39, 0.29) is 10.7 Å². The smallest absolute Gasteiger partial charge is 0.240 e. The lowest BCUT2D eigenvalue weighted by Crippen LogP contribution is -2.26. The second kappa shape index (κ2) is 9.09. The number of hydrogen-bond donors (Lipinski definition) is 2. The van der Waals surface area contributed by atoms with E-state index in [2.05, 4.69) is 15.0 Å². The van der Waals surface area contributed by atoms with Gasteiger partial charge in [0.2, 0.25) is 15.8 Å². The molecule has 8 heteroatoms. The molecule has 2 N–H and O–H groups in total. The number of ketones is 1. The number of sulfonamides is 1. The Balaban J connectivity index is 1.48. The maximum atomic E-state index is 12.6. The molecule has 0 spiro atoms. The van der Waals surface area contributed by atoms with E-state index in [0.717, 1.165) is 5.56 Å². The minimum Gasteiger partial charge on any atom is -0.361 e. The molecule has 0 atom stereocenters. The van der Waals surface area contributed by atoms with Crippen LogP contribution in [-0.4, -0.2) is 32.3 Å². The first kappa shape index (κ1) is 20.2. The van der Waals surface area contributed by atoms with E-state index in [0.29, 0.717) is 35.1 Å². The van der Waals surface area contributed by atoms with Crippen LogP contribution >= 0.6 is 11.3 Å². The van der Waals surface area contributed by atoms with Crippen molar-refractivity contribution in [2.75, 3.05) is 18.4 Å².